The quantitative estimate of drug-likeness (QED) is 0.746. The standard InChI is InChI=1S/C18H30N6O2/c1-3-8-13(2)26-17-21-15(19)14-16(22-17)24(18(25)20-14)12-7-11-23-9-5-4-6-10-23/h13H,3-12H2,1-2H3,(H,20,25)(H2,19,21,22). The molecule has 2 aromatic heterocycles. The van der Waals surface area contributed by atoms with Gasteiger partial charge in [-0.15, -0.1) is 0 Å². The van der Waals surface area contributed by atoms with Gasteiger partial charge in [-0.05, 0) is 52.2 Å². The lowest BCUT2D eigenvalue weighted by Gasteiger charge is -2.26. The number of fused-ring (bicyclic) bond motifs is 1. The number of nitrogens with one attached hydrogen (secondary N) is 1. The van der Waals surface area contributed by atoms with Crippen molar-refractivity contribution in [2.75, 3.05) is 25.4 Å². The van der Waals surface area contributed by atoms with Gasteiger partial charge in [0, 0.05) is 6.54 Å². The molecule has 1 atom stereocenters. The molecule has 26 heavy (non-hydrogen) atoms. The van der Waals surface area contributed by atoms with E-state index in [1.165, 1.54) is 19.3 Å². The fourth-order valence-electron chi connectivity index (χ4n) is 3.57. The summed E-state index contributed by atoms with van der Waals surface area (Å²) in [6.07, 6.45) is 6.71. The number of piperidine rings is 1. The molecule has 2 aromatic rings. The minimum Gasteiger partial charge on any atom is -0.460 e. The number of hydrogen-bond acceptors (Lipinski definition) is 6. The first-order chi connectivity index (χ1) is 12.6. The molecular weight excluding hydrogens is 332 g/mol. The summed E-state index contributed by atoms with van der Waals surface area (Å²) in [6, 6.07) is 0.236. The Bertz CT molecular complexity index is 778. The molecule has 1 saturated heterocycles. The van der Waals surface area contributed by atoms with E-state index in [-0.39, 0.29) is 23.6 Å². The maximum atomic E-state index is 12.3. The van der Waals surface area contributed by atoms with Crippen molar-refractivity contribution in [3.8, 4) is 6.01 Å². The zero-order valence-electron chi connectivity index (χ0n) is 15.8. The molecule has 8 heteroatoms. The number of aromatic nitrogens is 4. The summed E-state index contributed by atoms with van der Waals surface area (Å²) in [4.78, 5) is 26.2. The molecule has 1 fully saturated rings. The summed E-state index contributed by atoms with van der Waals surface area (Å²) in [5.41, 5.74) is 6.83. The highest BCUT2D eigenvalue weighted by atomic mass is 16.5. The van der Waals surface area contributed by atoms with Gasteiger partial charge in [0.1, 0.15) is 5.52 Å². The van der Waals surface area contributed by atoms with Gasteiger partial charge in [-0.2, -0.15) is 9.97 Å². The van der Waals surface area contributed by atoms with Gasteiger partial charge < -0.3 is 20.4 Å². The van der Waals surface area contributed by atoms with Gasteiger partial charge in [0.25, 0.3) is 0 Å². The Morgan fingerprint density at radius 3 is 2.73 bits per heavy atom. The molecule has 8 nitrogen and oxygen atoms in total. The summed E-state index contributed by atoms with van der Waals surface area (Å²) in [6.45, 7) is 8.00. The second-order valence-corrected chi connectivity index (χ2v) is 7.14. The fourth-order valence-corrected chi connectivity index (χ4v) is 3.57. The highest BCUT2D eigenvalue weighted by molar-refractivity contribution is 5.81. The summed E-state index contributed by atoms with van der Waals surface area (Å²) in [5.74, 6) is 0.251. The number of anilines is 1. The minimum absolute atomic E-state index is 0.00932. The molecule has 1 aliphatic rings. The SMILES string of the molecule is CCCC(C)Oc1nc(N)c2[nH]c(=O)n(CCCN3CCCCC3)c2n1. The second kappa shape index (κ2) is 8.53. The van der Waals surface area contributed by atoms with E-state index >= 15 is 0 Å². The average molecular weight is 362 g/mol. The van der Waals surface area contributed by atoms with Gasteiger partial charge in [-0.25, -0.2) is 4.79 Å². The lowest BCUT2D eigenvalue weighted by molar-refractivity contribution is 0.193. The molecule has 1 unspecified atom stereocenters. The first-order valence-electron chi connectivity index (χ1n) is 9.73. The van der Waals surface area contributed by atoms with E-state index in [2.05, 4.69) is 26.8 Å². The number of nitrogen functional groups attached to an aromatic ring is 1. The Hall–Kier alpha value is -2.09. The van der Waals surface area contributed by atoms with Crippen LogP contribution in [0.25, 0.3) is 11.2 Å². The zero-order valence-corrected chi connectivity index (χ0v) is 15.8. The van der Waals surface area contributed by atoms with Crippen LogP contribution < -0.4 is 16.2 Å². The molecule has 0 bridgehead atoms. The molecule has 144 valence electrons. The first-order valence-corrected chi connectivity index (χ1v) is 9.73. The Balaban J connectivity index is 1.74. The van der Waals surface area contributed by atoms with Crippen LogP contribution >= 0.6 is 0 Å². The van der Waals surface area contributed by atoms with E-state index in [4.69, 9.17) is 10.5 Å². The highest BCUT2D eigenvalue weighted by Crippen LogP contribution is 2.19. The van der Waals surface area contributed by atoms with Crippen LogP contribution in [0.1, 0.15) is 52.4 Å². The van der Waals surface area contributed by atoms with E-state index in [0.717, 1.165) is 38.9 Å². The third-order valence-corrected chi connectivity index (χ3v) is 4.94. The van der Waals surface area contributed by atoms with Gasteiger partial charge >= 0.3 is 11.7 Å². The maximum absolute atomic E-state index is 12.3. The maximum Gasteiger partial charge on any atom is 0.327 e. The predicted octanol–water partition coefficient (Wildman–Crippen LogP) is 2.15. The van der Waals surface area contributed by atoms with Crippen molar-refractivity contribution < 1.29 is 4.74 Å². The normalized spacial score (nSPS) is 16.8. The number of H-pyrrole nitrogens is 1. The Morgan fingerprint density at radius 2 is 2.00 bits per heavy atom. The number of imidazole rings is 1. The zero-order chi connectivity index (χ0) is 18.5. The summed E-state index contributed by atoms with van der Waals surface area (Å²) < 4.78 is 7.42. The lowest BCUT2D eigenvalue weighted by atomic mass is 10.1. The molecular formula is C18H30N6O2. The predicted molar refractivity (Wildman–Crippen MR) is 102 cm³/mol. The topological polar surface area (TPSA) is 102 Å². The number of likely N-dealkylation sites (tertiary alicyclic amines) is 1. The van der Waals surface area contributed by atoms with E-state index in [1.807, 2.05) is 6.92 Å². The molecule has 1 aliphatic heterocycles. The van der Waals surface area contributed by atoms with Gasteiger partial charge in [-0.3, -0.25) is 4.57 Å². The number of rotatable bonds is 8. The Morgan fingerprint density at radius 1 is 1.23 bits per heavy atom. The first kappa shape index (κ1) is 18.7. The fraction of sp³-hybridized carbons (Fsp3) is 0.722. The van der Waals surface area contributed by atoms with Crippen LogP contribution in [0.4, 0.5) is 5.82 Å². The van der Waals surface area contributed by atoms with Crippen molar-refractivity contribution in [2.45, 2.75) is 65.0 Å². The summed E-state index contributed by atoms with van der Waals surface area (Å²) >= 11 is 0. The van der Waals surface area contributed by atoms with Crippen molar-refractivity contribution >= 4 is 17.0 Å². The Labute approximate surface area is 153 Å². The van der Waals surface area contributed by atoms with Crippen LogP contribution in [0.5, 0.6) is 6.01 Å². The van der Waals surface area contributed by atoms with E-state index in [9.17, 15) is 4.79 Å². The molecule has 0 saturated carbocycles. The van der Waals surface area contributed by atoms with Crippen molar-refractivity contribution in [1.82, 2.24) is 24.4 Å². The van der Waals surface area contributed by atoms with E-state index < -0.39 is 0 Å². The van der Waals surface area contributed by atoms with Gasteiger partial charge in [0.15, 0.2) is 11.5 Å². The molecule has 3 N–H and O–H groups in total. The summed E-state index contributed by atoms with van der Waals surface area (Å²) in [7, 11) is 0. The molecule has 0 amide bonds. The third kappa shape index (κ3) is 4.35. The number of aryl methyl sites for hydroxylation is 1. The number of nitrogens with two attached hydrogens (primary N) is 1. The lowest BCUT2D eigenvalue weighted by Crippen LogP contribution is -2.31. The van der Waals surface area contributed by atoms with Crippen molar-refractivity contribution in [1.29, 1.82) is 0 Å². The molecule has 0 aromatic carbocycles. The van der Waals surface area contributed by atoms with Crippen molar-refractivity contribution in [3.05, 3.63) is 10.5 Å². The van der Waals surface area contributed by atoms with Gasteiger partial charge in [0.05, 0.1) is 6.10 Å². The summed E-state index contributed by atoms with van der Waals surface area (Å²) in [5, 5.41) is 0. The number of aromatic amines is 1. The van der Waals surface area contributed by atoms with Crippen molar-refractivity contribution in [3.63, 3.8) is 0 Å². The molecule has 0 radical (unpaired) electrons. The molecule has 0 spiro atoms. The minimum atomic E-state index is -0.196. The van der Waals surface area contributed by atoms with Crippen LogP contribution in [0, 0.1) is 0 Å². The monoisotopic (exact) mass is 362 g/mol. The number of nitrogens with zero attached hydrogens (tertiary/aromatic N) is 4. The molecule has 0 aliphatic carbocycles. The number of ether oxygens (including phenoxy) is 1. The highest BCUT2D eigenvalue weighted by Gasteiger charge is 2.16. The van der Waals surface area contributed by atoms with Gasteiger partial charge in [-0.1, -0.05) is 19.8 Å². The smallest absolute Gasteiger partial charge is 0.327 e. The number of hydrogen-bond donors (Lipinski definition) is 2. The van der Waals surface area contributed by atoms with Crippen molar-refractivity contribution in [2.24, 2.45) is 0 Å². The molecule has 3 rings (SSSR count). The van der Waals surface area contributed by atoms with Crippen LogP contribution in [0.2, 0.25) is 0 Å². The molecule has 3 heterocycles. The van der Waals surface area contributed by atoms with Crippen LogP contribution in [-0.4, -0.2) is 50.2 Å². The van der Waals surface area contributed by atoms with Crippen LogP contribution in [-0.2, 0) is 6.54 Å². The Kier molecular flexibility index (Phi) is 6.13. The van der Waals surface area contributed by atoms with Crippen LogP contribution in [0.15, 0.2) is 4.79 Å². The average Bonchev–Trinajstić information content (AvgIpc) is 2.93. The van der Waals surface area contributed by atoms with E-state index in [0.29, 0.717) is 17.7 Å². The van der Waals surface area contributed by atoms with Crippen LogP contribution in [0.3, 0.4) is 0 Å². The van der Waals surface area contributed by atoms with Gasteiger partial charge in [0.2, 0.25) is 0 Å². The largest absolute Gasteiger partial charge is 0.460 e. The second-order valence-electron chi connectivity index (χ2n) is 7.14. The third-order valence-electron chi connectivity index (χ3n) is 4.94. The van der Waals surface area contributed by atoms with E-state index in [1.54, 1.807) is 4.57 Å².